The third-order valence-corrected chi connectivity index (χ3v) is 3.72. The van der Waals surface area contributed by atoms with E-state index >= 15 is 0 Å². The Morgan fingerprint density at radius 2 is 2.00 bits per heavy atom. The average Bonchev–Trinajstić information content (AvgIpc) is 3.10. The molecular weight excluding hydrogens is 262 g/mol. The van der Waals surface area contributed by atoms with E-state index in [1.807, 2.05) is 24.3 Å². The van der Waals surface area contributed by atoms with Crippen LogP contribution in [-0.2, 0) is 22.1 Å². The highest BCUT2D eigenvalue weighted by Crippen LogP contribution is 2.18. The van der Waals surface area contributed by atoms with Gasteiger partial charge >= 0.3 is 0 Å². The highest BCUT2D eigenvalue weighted by atomic mass is 32.2. The second kappa shape index (κ2) is 5.61. The SMILES string of the molecule is CS(=O)(=O)Cc1ccccc1CN=C(N)NC1CC1. The second-order valence-corrected chi connectivity index (χ2v) is 7.10. The van der Waals surface area contributed by atoms with E-state index in [1.165, 1.54) is 6.26 Å². The number of hydrogen-bond acceptors (Lipinski definition) is 3. The minimum Gasteiger partial charge on any atom is -0.370 e. The van der Waals surface area contributed by atoms with Gasteiger partial charge in [0, 0.05) is 12.3 Å². The van der Waals surface area contributed by atoms with Gasteiger partial charge in [-0.25, -0.2) is 13.4 Å². The van der Waals surface area contributed by atoms with Crippen molar-refractivity contribution < 1.29 is 8.42 Å². The third kappa shape index (κ3) is 4.90. The molecule has 6 heteroatoms. The van der Waals surface area contributed by atoms with Crippen LogP contribution in [0.25, 0.3) is 0 Å². The summed E-state index contributed by atoms with van der Waals surface area (Å²) in [6, 6.07) is 7.88. The Labute approximate surface area is 113 Å². The third-order valence-electron chi connectivity index (χ3n) is 2.89. The van der Waals surface area contributed by atoms with Gasteiger partial charge in [-0.3, -0.25) is 0 Å². The summed E-state index contributed by atoms with van der Waals surface area (Å²) in [5.41, 5.74) is 7.44. The highest BCUT2D eigenvalue weighted by Gasteiger charge is 2.21. The van der Waals surface area contributed by atoms with Gasteiger partial charge < -0.3 is 11.1 Å². The van der Waals surface area contributed by atoms with Gasteiger partial charge in [0.15, 0.2) is 15.8 Å². The molecule has 0 aromatic heterocycles. The largest absolute Gasteiger partial charge is 0.370 e. The van der Waals surface area contributed by atoms with Crippen LogP contribution in [0.2, 0.25) is 0 Å². The summed E-state index contributed by atoms with van der Waals surface area (Å²) in [5.74, 6) is 0.464. The first-order valence-corrected chi connectivity index (χ1v) is 8.31. The summed E-state index contributed by atoms with van der Waals surface area (Å²) in [5, 5.41) is 3.10. The molecule has 1 aliphatic rings. The van der Waals surface area contributed by atoms with E-state index in [1.54, 1.807) is 0 Å². The van der Waals surface area contributed by atoms with Crippen molar-refractivity contribution in [2.24, 2.45) is 10.7 Å². The lowest BCUT2D eigenvalue weighted by Gasteiger charge is -2.07. The topological polar surface area (TPSA) is 84.5 Å². The molecule has 0 unspecified atom stereocenters. The molecule has 0 bridgehead atoms. The van der Waals surface area contributed by atoms with E-state index in [0.717, 1.165) is 24.0 Å². The van der Waals surface area contributed by atoms with E-state index in [0.29, 0.717) is 18.5 Å². The average molecular weight is 281 g/mol. The van der Waals surface area contributed by atoms with Gasteiger partial charge in [0.25, 0.3) is 0 Å². The van der Waals surface area contributed by atoms with E-state index in [-0.39, 0.29) is 5.75 Å². The summed E-state index contributed by atoms with van der Waals surface area (Å²) < 4.78 is 22.7. The van der Waals surface area contributed by atoms with Crippen LogP contribution in [0, 0.1) is 0 Å². The molecule has 19 heavy (non-hydrogen) atoms. The monoisotopic (exact) mass is 281 g/mol. The number of guanidine groups is 1. The summed E-state index contributed by atoms with van der Waals surface area (Å²) in [4.78, 5) is 4.25. The molecule has 104 valence electrons. The molecule has 0 saturated heterocycles. The van der Waals surface area contributed by atoms with Crippen LogP contribution in [0.1, 0.15) is 24.0 Å². The van der Waals surface area contributed by atoms with Crippen LogP contribution in [0.4, 0.5) is 0 Å². The Morgan fingerprint density at radius 3 is 2.58 bits per heavy atom. The van der Waals surface area contributed by atoms with Crippen molar-refractivity contribution in [1.82, 2.24) is 5.32 Å². The van der Waals surface area contributed by atoms with Gasteiger partial charge in [0.05, 0.1) is 12.3 Å². The second-order valence-electron chi connectivity index (χ2n) is 4.96. The van der Waals surface area contributed by atoms with Crippen molar-refractivity contribution in [3.8, 4) is 0 Å². The molecule has 1 fully saturated rings. The normalized spacial score (nSPS) is 16.4. The molecule has 1 aromatic carbocycles. The maximum atomic E-state index is 11.4. The predicted molar refractivity (Wildman–Crippen MR) is 76.5 cm³/mol. The molecule has 3 N–H and O–H groups in total. The van der Waals surface area contributed by atoms with Crippen molar-refractivity contribution in [3.05, 3.63) is 35.4 Å². The number of sulfone groups is 1. The first-order chi connectivity index (χ1) is 8.94. The maximum absolute atomic E-state index is 11.4. The molecule has 0 heterocycles. The Bertz CT molecular complexity index is 577. The van der Waals surface area contributed by atoms with Crippen LogP contribution in [0.5, 0.6) is 0 Å². The van der Waals surface area contributed by atoms with Gasteiger partial charge in [0.2, 0.25) is 0 Å². The highest BCUT2D eigenvalue weighted by molar-refractivity contribution is 7.89. The number of hydrogen-bond donors (Lipinski definition) is 2. The minimum atomic E-state index is -3.04. The fraction of sp³-hybridized carbons (Fsp3) is 0.462. The van der Waals surface area contributed by atoms with Crippen LogP contribution >= 0.6 is 0 Å². The van der Waals surface area contributed by atoms with Crippen LogP contribution in [0.15, 0.2) is 29.3 Å². The van der Waals surface area contributed by atoms with Crippen molar-refractivity contribution in [2.75, 3.05) is 6.26 Å². The fourth-order valence-corrected chi connectivity index (χ4v) is 2.63. The van der Waals surface area contributed by atoms with E-state index in [9.17, 15) is 8.42 Å². The number of nitrogens with one attached hydrogen (secondary N) is 1. The Kier molecular flexibility index (Phi) is 4.09. The van der Waals surface area contributed by atoms with E-state index in [4.69, 9.17) is 5.73 Å². The zero-order valence-corrected chi connectivity index (χ0v) is 11.8. The summed E-state index contributed by atoms with van der Waals surface area (Å²) in [6.45, 7) is 0.400. The van der Waals surface area contributed by atoms with Gasteiger partial charge in [-0.1, -0.05) is 24.3 Å². The molecule has 0 spiro atoms. The molecule has 2 rings (SSSR count). The maximum Gasteiger partial charge on any atom is 0.189 e. The molecule has 5 nitrogen and oxygen atoms in total. The lowest BCUT2D eigenvalue weighted by molar-refractivity contribution is 0.601. The summed E-state index contributed by atoms with van der Waals surface area (Å²) >= 11 is 0. The van der Waals surface area contributed by atoms with Crippen LogP contribution in [-0.4, -0.2) is 26.7 Å². The van der Waals surface area contributed by atoms with Crippen molar-refractivity contribution in [2.45, 2.75) is 31.2 Å². The van der Waals surface area contributed by atoms with E-state index in [2.05, 4.69) is 10.3 Å². The zero-order chi connectivity index (χ0) is 13.9. The Hall–Kier alpha value is -1.56. The van der Waals surface area contributed by atoms with Crippen molar-refractivity contribution in [1.29, 1.82) is 0 Å². The molecule has 1 aromatic rings. The van der Waals surface area contributed by atoms with Crippen LogP contribution in [0.3, 0.4) is 0 Å². The predicted octanol–water partition coefficient (Wildman–Crippen LogP) is 0.798. The molecule has 1 aliphatic carbocycles. The van der Waals surface area contributed by atoms with Gasteiger partial charge in [0.1, 0.15) is 0 Å². The summed E-state index contributed by atoms with van der Waals surface area (Å²) in [6.07, 6.45) is 3.51. The zero-order valence-electron chi connectivity index (χ0n) is 11.0. The molecule has 0 amide bonds. The number of nitrogens with two attached hydrogens (primary N) is 1. The quantitative estimate of drug-likeness (QED) is 0.617. The molecule has 0 atom stereocenters. The Morgan fingerprint density at radius 1 is 1.37 bits per heavy atom. The standard InChI is InChI=1S/C13H19N3O2S/c1-19(17,18)9-11-5-3-2-4-10(11)8-15-13(14)16-12-6-7-12/h2-5,12H,6-9H2,1H3,(H3,14,15,16). The minimum absolute atomic E-state index is 0.0364. The number of rotatable bonds is 5. The molecule has 1 saturated carbocycles. The summed E-state index contributed by atoms with van der Waals surface area (Å²) in [7, 11) is -3.04. The smallest absolute Gasteiger partial charge is 0.189 e. The van der Waals surface area contributed by atoms with Crippen molar-refractivity contribution in [3.63, 3.8) is 0 Å². The van der Waals surface area contributed by atoms with Gasteiger partial charge in [-0.15, -0.1) is 0 Å². The molecule has 0 aliphatic heterocycles. The van der Waals surface area contributed by atoms with Gasteiger partial charge in [-0.2, -0.15) is 0 Å². The first-order valence-electron chi connectivity index (χ1n) is 6.25. The fourth-order valence-electron chi connectivity index (χ4n) is 1.79. The van der Waals surface area contributed by atoms with Crippen LogP contribution < -0.4 is 11.1 Å². The van der Waals surface area contributed by atoms with Gasteiger partial charge in [-0.05, 0) is 24.0 Å². The lowest BCUT2D eigenvalue weighted by atomic mass is 10.1. The Balaban J connectivity index is 2.06. The number of benzene rings is 1. The molecular formula is C13H19N3O2S. The first kappa shape index (κ1) is 13.9. The van der Waals surface area contributed by atoms with E-state index < -0.39 is 9.84 Å². The lowest BCUT2D eigenvalue weighted by Crippen LogP contribution is -2.33. The number of nitrogens with zero attached hydrogens (tertiary/aromatic N) is 1. The number of aliphatic imine (C=N–C) groups is 1. The van der Waals surface area contributed by atoms with Crippen molar-refractivity contribution >= 4 is 15.8 Å². The molecule has 0 radical (unpaired) electrons.